The average molecular weight is 567 g/mol. The van der Waals surface area contributed by atoms with Crippen molar-refractivity contribution in [3.8, 4) is 22.6 Å². The van der Waals surface area contributed by atoms with Crippen molar-refractivity contribution in [3.05, 3.63) is 95.8 Å². The molecule has 218 valence electrons. The van der Waals surface area contributed by atoms with Gasteiger partial charge in [0.15, 0.2) is 23.2 Å². The van der Waals surface area contributed by atoms with Crippen LogP contribution in [0.5, 0.6) is 11.5 Å². The molecule has 0 radical (unpaired) electrons. The van der Waals surface area contributed by atoms with Crippen LogP contribution < -0.4 is 9.47 Å². The van der Waals surface area contributed by atoms with E-state index < -0.39 is 35.4 Å². The number of hydrogen-bond acceptors (Lipinski definition) is 4. The van der Waals surface area contributed by atoms with Crippen LogP contribution in [0.3, 0.4) is 0 Å². The first-order valence-electron chi connectivity index (χ1n) is 14.3. The Bertz CT molecular complexity index is 1330. The van der Waals surface area contributed by atoms with Crippen molar-refractivity contribution in [2.75, 3.05) is 6.61 Å². The van der Waals surface area contributed by atoms with Crippen molar-refractivity contribution >= 4 is 5.97 Å². The molecule has 4 rings (SSSR count). The van der Waals surface area contributed by atoms with E-state index in [1.807, 2.05) is 6.92 Å². The van der Waals surface area contributed by atoms with Crippen molar-refractivity contribution in [2.24, 2.45) is 5.92 Å². The number of aliphatic hydroxyl groups is 1. The van der Waals surface area contributed by atoms with Gasteiger partial charge in [-0.1, -0.05) is 55.8 Å². The maximum atomic E-state index is 15.2. The summed E-state index contributed by atoms with van der Waals surface area (Å²) in [6, 6.07) is 14.1. The highest BCUT2D eigenvalue weighted by Gasteiger charge is 2.31. The van der Waals surface area contributed by atoms with Gasteiger partial charge in [-0.05, 0) is 79.7 Å². The Kier molecular flexibility index (Phi) is 10.6. The summed E-state index contributed by atoms with van der Waals surface area (Å²) in [5.74, 6) is -3.27. The molecule has 0 aromatic heterocycles. The molecule has 1 unspecified atom stereocenters. The van der Waals surface area contributed by atoms with E-state index in [0.717, 1.165) is 30.9 Å². The lowest BCUT2D eigenvalue weighted by atomic mass is 9.78. The molecule has 41 heavy (non-hydrogen) atoms. The molecule has 1 saturated carbocycles. The molecular formula is C34H37F3O4. The van der Waals surface area contributed by atoms with Crippen molar-refractivity contribution in [2.45, 2.75) is 70.3 Å². The fourth-order valence-corrected chi connectivity index (χ4v) is 5.34. The number of aliphatic hydroxyl groups excluding tert-OH is 1. The smallest absolute Gasteiger partial charge is 0.314 e. The average Bonchev–Trinajstić information content (AvgIpc) is 2.98. The van der Waals surface area contributed by atoms with Crippen LogP contribution in [0.4, 0.5) is 13.2 Å². The van der Waals surface area contributed by atoms with Gasteiger partial charge < -0.3 is 14.6 Å². The molecule has 3 aromatic rings. The zero-order valence-electron chi connectivity index (χ0n) is 23.4. The molecule has 3 aromatic carbocycles. The van der Waals surface area contributed by atoms with Crippen molar-refractivity contribution in [3.63, 3.8) is 0 Å². The molecule has 7 heteroatoms. The highest BCUT2D eigenvalue weighted by Crippen LogP contribution is 2.39. The predicted molar refractivity (Wildman–Crippen MR) is 153 cm³/mol. The number of ether oxygens (including phenoxy) is 2. The summed E-state index contributed by atoms with van der Waals surface area (Å²) in [5.41, 5.74) is 1.75. The molecule has 0 bridgehead atoms. The second-order valence-corrected chi connectivity index (χ2v) is 10.6. The van der Waals surface area contributed by atoms with E-state index in [2.05, 4.69) is 6.58 Å². The number of hydrogen-bond donors (Lipinski definition) is 1. The van der Waals surface area contributed by atoms with Crippen LogP contribution in [0.2, 0.25) is 0 Å². The second-order valence-electron chi connectivity index (χ2n) is 10.6. The fraction of sp³-hybridized carbons (Fsp3) is 0.382. The van der Waals surface area contributed by atoms with Gasteiger partial charge in [-0.3, -0.25) is 4.79 Å². The van der Waals surface area contributed by atoms with Gasteiger partial charge in [-0.15, -0.1) is 6.58 Å². The second kappa shape index (κ2) is 14.4. The largest absolute Gasteiger partial charge is 0.491 e. The third-order valence-corrected chi connectivity index (χ3v) is 7.71. The number of carbonyl (C=O) groups is 1. The minimum absolute atomic E-state index is 0.0948. The Balaban J connectivity index is 1.34. The highest BCUT2D eigenvalue weighted by molar-refractivity contribution is 5.75. The molecule has 0 aliphatic heterocycles. The summed E-state index contributed by atoms with van der Waals surface area (Å²) < 4.78 is 55.6. The molecule has 0 heterocycles. The quantitative estimate of drug-likeness (QED) is 0.103. The van der Waals surface area contributed by atoms with Crippen LogP contribution in [0, 0.1) is 23.4 Å². The van der Waals surface area contributed by atoms with Gasteiger partial charge in [0, 0.05) is 11.6 Å². The summed E-state index contributed by atoms with van der Waals surface area (Å²) in [7, 11) is 0. The molecule has 1 N–H and O–H groups in total. The van der Waals surface area contributed by atoms with Crippen LogP contribution in [0.1, 0.15) is 81.4 Å². The Morgan fingerprint density at radius 2 is 1.76 bits per heavy atom. The van der Waals surface area contributed by atoms with Gasteiger partial charge in [0.1, 0.15) is 5.75 Å². The van der Waals surface area contributed by atoms with Gasteiger partial charge in [0.05, 0.1) is 18.6 Å². The molecule has 1 aliphatic carbocycles. The van der Waals surface area contributed by atoms with Crippen molar-refractivity contribution in [1.29, 1.82) is 0 Å². The summed E-state index contributed by atoms with van der Waals surface area (Å²) in [4.78, 5) is 12.7. The van der Waals surface area contributed by atoms with Crippen LogP contribution in [0.25, 0.3) is 11.1 Å². The summed E-state index contributed by atoms with van der Waals surface area (Å²) in [5, 5.41) is 10.2. The number of allylic oxidation sites excluding steroid dienone is 1. The third-order valence-electron chi connectivity index (χ3n) is 7.71. The van der Waals surface area contributed by atoms with Gasteiger partial charge in [-0.25, -0.2) is 13.2 Å². The van der Waals surface area contributed by atoms with E-state index in [-0.39, 0.29) is 23.0 Å². The number of rotatable bonds is 12. The van der Waals surface area contributed by atoms with E-state index in [0.29, 0.717) is 49.8 Å². The zero-order chi connectivity index (χ0) is 29.4. The van der Waals surface area contributed by atoms with Gasteiger partial charge in [-0.2, -0.15) is 0 Å². The lowest BCUT2D eigenvalue weighted by Gasteiger charge is -2.28. The van der Waals surface area contributed by atoms with Crippen LogP contribution in [0.15, 0.2) is 67.3 Å². The summed E-state index contributed by atoms with van der Waals surface area (Å²) in [6.07, 6.45) is 6.09. The normalized spacial score (nSPS) is 17.6. The molecule has 1 aliphatic rings. The van der Waals surface area contributed by atoms with Crippen LogP contribution in [-0.4, -0.2) is 17.7 Å². The van der Waals surface area contributed by atoms with Gasteiger partial charge in [0.2, 0.25) is 0 Å². The number of benzene rings is 3. The molecule has 1 fully saturated rings. The minimum atomic E-state index is -0.902. The fourth-order valence-electron chi connectivity index (χ4n) is 5.34. The number of halogens is 3. The SMILES string of the molecule is C=CCCCOc1ccc(OC(=O)C2CCC(c3ccc(-c4ccc(C(O)CCC)cc4)c(F)c3F)CC2)cc1F. The Morgan fingerprint density at radius 1 is 1.02 bits per heavy atom. The number of carbonyl (C=O) groups excluding carboxylic acids is 1. The van der Waals surface area contributed by atoms with E-state index in [1.165, 1.54) is 12.1 Å². The van der Waals surface area contributed by atoms with E-state index >= 15 is 8.78 Å². The van der Waals surface area contributed by atoms with Gasteiger partial charge in [0.25, 0.3) is 0 Å². The molecular weight excluding hydrogens is 529 g/mol. The first-order valence-corrected chi connectivity index (χ1v) is 14.3. The lowest BCUT2D eigenvalue weighted by molar-refractivity contribution is -0.140. The highest BCUT2D eigenvalue weighted by atomic mass is 19.2. The van der Waals surface area contributed by atoms with Crippen LogP contribution >= 0.6 is 0 Å². The van der Waals surface area contributed by atoms with E-state index in [4.69, 9.17) is 9.47 Å². The molecule has 4 nitrogen and oxygen atoms in total. The monoisotopic (exact) mass is 566 g/mol. The number of unbranched alkanes of at least 4 members (excludes halogenated alkanes) is 1. The first kappa shape index (κ1) is 30.4. The first-order chi connectivity index (χ1) is 19.8. The topological polar surface area (TPSA) is 55.8 Å². The maximum absolute atomic E-state index is 15.2. The molecule has 0 spiro atoms. The van der Waals surface area contributed by atoms with Gasteiger partial charge >= 0.3 is 5.97 Å². The Morgan fingerprint density at radius 3 is 2.41 bits per heavy atom. The van der Waals surface area contributed by atoms with E-state index in [1.54, 1.807) is 42.5 Å². The number of esters is 1. The maximum Gasteiger partial charge on any atom is 0.314 e. The molecule has 0 amide bonds. The third kappa shape index (κ3) is 7.59. The predicted octanol–water partition coefficient (Wildman–Crippen LogP) is 8.83. The van der Waals surface area contributed by atoms with Crippen molar-refractivity contribution < 1.29 is 32.5 Å². The zero-order valence-corrected chi connectivity index (χ0v) is 23.4. The Labute approximate surface area is 239 Å². The summed E-state index contributed by atoms with van der Waals surface area (Å²) >= 11 is 0. The molecule has 0 saturated heterocycles. The summed E-state index contributed by atoms with van der Waals surface area (Å²) in [6.45, 7) is 5.98. The van der Waals surface area contributed by atoms with Crippen LogP contribution in [-0.2, 0) is 4.79 Å². The lowest BCUT2D eigenvalue weighted by Crippen LogP contribution is -2.25. The standard InChI is InChI=1S/C34H37F3O4/c1-3-5-6-20-40-31-19-16-26(21-29(31)35)41-34(39)25-14-10-23(11-15-25)28-18-17-27(32(36)33(28)37)22-8-12-24(13-9-22)30(38)7-4-2/h3,8-9,12-13,16-19,21,23,25,30,38H,1,4-7,10-11,14-15,20H2,2H3. The molecule has 1 atom stereocenters. The minimum Gasteiger partial charge on any atom is -0.491 e. The van der Waals surface area contributed by atoms with Crippen molar-refractivity contribution in [1.82, 2.24) is 0 Å². The Hall–Kier alpha value is -3.58. The van der Waals surface area contributed by atoms with E-state index in [9.17, 15) is 14.3 Å².